The lowest BCUT2D eigenvalue weighted by atomic mass is 10.1. The average molecular weight is 205 g/mol. The van der Waals surface area contributed by atoms with Gasteiger partial charge in [-0.3, -0.25) is 0 Å². The molecule has 0 saturated carbocycles. The van der Waals surface area contributed by atoms with Gasteiger partial charge in [0.2, 0.25) is 0 Å². The molecule has 1 aliphatic rings. The molecule has 1 aromatic carbocycles. The summed E-state index contributed by atoms with van der Waals surface area (Å²) >= 11 is 0. The molecule has 82 valence electrons. The van der Waals surface area contributed by atoms with Crippen molar-refractivity contribution in [3.63, 3.8) is 0 Å². The summed E-state index contributed by atoms with van der Waals surface area (Å²) in [4.78, 5) is 0. The second-order valence-electron chi connectivity index (χ2n) is 4.74. The van der Waals surface area contributed by atoms with Crippen molar-refractivity contribution < 1.29 is 5.11 Å². The van der Waals surface area contributed by atoms with Crippen LogP contribution in [0.15, 0.2) is 18.2 Å². The third kappa shape index (κ3) is 2.15. The Morgan fingerprint density at radius 1 is 1.47 bits per heavy atom. The summed E-state index contributed by atoms with van der Waals surface area (Å²) < 4.78 is 0. The van der Waals surface area contributed by atoms with E-state index in [0.717, 1.165) is 24.9 Å². The van der Waals surface area contributed by atoms with Crippen LogP contribution < -0.4 is 5.32 Å². The van der Waals surface area contributed by atoms with Crippen LogP contribution in [-0.2, 0) is 6.42 Å². The molecule has 1 aliphatic carbocycles. The van der Waals surface area contributed by atoms with E-state index in [-0.39, 0.29) is 0 Å². The second-order valence-corrected chi connectivity index (χ2v) is 4.74. The Morgan fingerprint density at radius 2 is 2.27 bits per heavy atom. The molecule has 2 nitrogen and oxygen atoms in total. The quantitative estimate of drug-likeness (QED) is 0.795. The van der Waals surface area contributed by atoms with Gasteiger partial charge in [0.25, 0.3) is 0 Å². The molecule has 15 heavy (non-hydrogen) atoms. The van der Waals surface area contributed by atoms with Crippen LogP contribution in [0.25, 0.3) is 0 Å². The first-order valence-corrected chi connectivity index (χ1v) is 5.72. The largest absolute Gasteiger partial charge is 0.508 e. The zero-order valence-electron chi connectivity index (χ0n) is 9.46. The molecule has 0 aromatic heterocycles. The summed E-state index contributed by atoms with van der Waals surface area (Å²) in [5, 5.41) is 13.3. The summed E-state index contributed by atoms with van der Waals surface area (Å²) in [7, 11) is 0. The Balaban J connectivity index is 2.11. The maximum Gasteiger partial charge on any atom is 0.119 e. The van der Waals surface area contributed by atoms with E-state index < -0.39 is 0 Å². The smallest absolute Gasteiger partial charge is 0.119 e. The van der Waals surface area contributed by atoms with E-state index >= 15 is 0 Å². The Bertz CT molecular complexity index is 346. The van der Waals surface area contributed by atoms with Crippen LogP contribution in [0.3, 0.4) is 0 Å². The van der Waals surface area contributed by atoms with E-state index in [2.05, 4.69) is 25.2 Å². The molecule has 0 saturated heterocycles. The van der Waals surface area contributed by atoms with Crippen LogP contribution in [0.4, 0.5) is 0 Å². The monoisotopic (exact) mass is 205 g/mol. The molecule has 0 amide bonds. The first-order valence-electron chi connectivity index (χ1n) is 5.72. The molecule has 0 radical (unpaired) electrons. The molecule has 0 spiro atoms. The highest BCUT2D eigenvalue weighted by Gasteiger charge is 2.23. The average Bonchev–Trinajstić information content (AvgIpc) is 2.59. The first kappa shape index (κ1) is 10.5. The van der Waals surface area contributed by atoms with Crippen molar-refractivity contribution in [3.05, 3.63) is 29.3 Å². The number of fused-ring (bicyclic) bond motifs is 1. The lowest BCUT2D eigenvalue weighted by Crippen LogP contribution is -2.23. The highest BCUT2D eigenvalue weighted by molar-refractivity contribution is 5.44. The molecule has 0 heterocycles. The topological polar surface area (TPSA) is 32.3 Å². The summed E-state index contributed by atoms with van der Waals surface area (Å²) in [5.41, 5.74) is 2.43. The zero-order valence-corrected chi connectivity index (χ0v) is 9.46. The fraction of sp³-hybridized carbons (Fsp3) is 0.538. The van der Waals surface area contributed by atoms with Crippen molar-refractivity contribution in [2.75, 3.05) is 6.54 Å². The maximum absolute atomic E-state index is 9.70. The SMILES string of the molecule is CC(C)CNC1CCc2c(O)cccc21. The van der Waals surface area contributed by atoms with Gasteiger partial charge in [-0.25, -0.2) is 0 Å². The molecular formula is C13H19NO. The molecule has 1 atom stereocenters. The van der Waals surface area contributed by atoms with E-state index in [9.17, 15) is 5.11 Å². The van der Waals surface area contributed by atoms with E-state index in [1.54, 1.807) is 6.07 Å². The van der Waals surface area contributed by atoms with Crippen LogP contribution in [0, 0.1) is 5.92 Å². The van der Waals surface area contributed by atoms with Crippen LogP contribution in [0.1, 0.15) is 37.4 Å². The zero-order chi connectivity index (χ0) is 10.8. The number of hydrogen-bond acceptors (Lipinski definition) is 2. The molecule has 1 unspecified atom stereocenters. The summed E-state index contributed by atoms with van der Waals surface area (Å²) in [5.74, 6) is 1.13. The third-order valence-corrected chi connectivity index (χ3v) is 3.02. The van der Waals surface area contributed by atoms with E-state index in [1.165, 1.54) is 5.56 Å². The van der Waals surface area contributed by atoms with Crippen LogP contribution in [0.5, 0.6) is 5.75 Å². The Labute approximate surface area is 91.3 Å². The van der Waals surface area contributed by atoms with E-state index in [4.69, 9.17) is 0 Å². The van der Waals surface area contributed by atoms with Crippen molar-refractivity contribution in [1.82, 2.24) is 5.32 Å². The lowest BCUT2D eigenvalue weighted by molar-refractivity contribution is 0.469. The summed E-state index contributed by atoms with van der Waals surface area (Å²) in [6.07, 6.45) is 2.11. The van der Waals surface area contributed by atoms with Gasteiger partial charge in [-0.2, -0.15) is 0 Å². The molecule has 1 aromatic rings. The van der Waals surface area contributed by atoms with E-state index in [1.807, 2.05) is 6.07 Å². The van der Waals surface area contributed by atoms with Crippen molar-refractivity contribution >= 4 is 0 Å². The maximum atomic E-state index is 9.70. The van der Waals surface area contributed by atoms with Crippen molar-refractivity contribution in [2.24, 2.45) is 5.92 Å². The number of benzene rings is 1. The van der Waals surface area contributed by atoms with Gasteiger partial charge in [-0.05, 0) is 42.5 Å². The molecule has 2 heteroatoms. The van der Waals surface area contributed by atoms with Crippen LogP contribution in [-0.4, -0.2) is 11.7 Å². The molecule has 2 N–H and O–H groups in total. The minimum absolute atomic E-state index is 0.439. The number of phenols is 1. The number of phenolic OH excluding ortho intramolecular Hbond substituents is 1. The number of aromatic hydroxyl groups is 1. The van der Waals surface area contributed by atoms with Crippen LogP contribution in [0.2, 0.25) is 0 Å². The molecular weight excluding hydrogens is 186 g/mol. The molecule has 0 fully saturated rings. The lowest BCUT2D eigenvalue weighted by Gasteiger charge is -2.15. The predicted molar refractivity (Wildman–Crippen MR) is 62.0 cm³/mol. The van der Waals surface area contributed by atoms with Crippen molar-refractivity contribution in [1.29, 1.82) is 0 Å². The number of nitrogens with one attached hydrogen (secondary N) is 1. The first-order chi connectivity index (χ1) is 7.18. The normalized spacial score (nSPS) is 19.5. The Kier molecular flexibility index (Phi) is 2.96. The van der Waals surface area contributed by atoms with Gasteiger partial charge in [0, 0.05) is 6.04 Å². The molecule has 0 aliphatic heterocycles. The fourth-order valence-corrected chi connectivity index (χ4v) is 2.23. The van der Waals surface area contributed by atoms with Gasteiger partial charge < -0.3 is 10.4 Å². The third-order valence-electron chi connectivity index (χ3n) is 3.02. The molecule has 0 bridgehead atoms. The van der Waals surface area contributed by atoms with E-state index in [0.29, 0.717) is 17.7 Å². The summed E-state index contributed by atoms with van der Waals surface area (Å²) in [6.45, 7) is 5.47. The van der Waals surface area contributed by atoms with Crippen LogP contribution >= 0.6 is 0 Å². The second kappa shape index (κ2) is 4.23. The predicted octanol–water partition coefficient (Wildman–Crippen LogP) is 2.63. The minimum Gasteiger partial charge on any atom is -0.508 e. The van der Waals surface area contributed by atoms with Crippen molar-refractivity contribution in [3.8, 4) is 5.75 Å². The molecule has 2 rings (SSSR count). The summed E-state index contributed by atoms with van der Waals surface area (Å²) in [6, 6.07) is 6.28. The fourth-order valence-electron chi connectivity index (χ4n) is 2.23. The van der Waals surface area contributed by atoms with Gasteiger partial charge in [0.15, 0.2) is 0 Å². The van der Waals surface area contributed by atoms with Gasteiger partial charge in [-0.1, -0.05) is 26.0 Å². The number of rotatable bonds is 3. The highest BCUT2D eigenvalue weighted by atomic mass is 16.3. The van der Waals surface area contributed by atoms with Crippen molar-refractivity contribution in [2.45, 2.75) is 32.7 Å². The number of hydrogen-bond donors (Lipinski definition) is 2. The Morgan fingerprint density at radius 3 is 3.00 bits per heavy atom. The minimum atomic E-state index is 0.439. The van der Waals surface area contributed by atoms with Gasteiger partial charge in [-0.15, -0.1) is 0 Å². The van der Waals surface area contributed by atoms with Gasteiger partial charge in [0.05, 0.1) is 0 Å². The van der Waals surface area contributed by atoms with Gasteiger partial charge >= 0.3 is 0 Å². The standard InChI is InChI=1S/C13H19NO/c1-9(2)8-14-12-7-6-11-10(12)4-3-5-13(11)15/h3-5,9,12,14-15H,6-8H2,1-2H3. The van der Waals surface area contributed by atoms with Gasteiger partial charge in [0.1, 0.15) is 5.75 Å². The highest BCUT2D eigenvalue weighted by Crippen LogP contribution is 2.36. The Hall–Kier alpha value is -1.02.